The van der Waals surface area contributed by atoms with Gasteiger partial charge >= 0.3 is 6.09 Å². The van der Waals surface area contributed by atoms with E-state index in [9.17, 15) is 9.00 Å². The number of thioether (sulfide) groups is 1. The van der Waals surface area contributed by atoms with Crippen LogP contribution < -0.4 is 0 Å². The van der Waals surface area contributed by atoms with Crippen molar-refractivity contribution in [1.82, 2.24) is 4.31 Å². The number of nitrogens with zero attached hydrogens (tertiary/aromatic N) is 2. The van der Waals surface area contributed by atoms with Gasteiger partial charge in [0.25, 0.3) is 0 Å². The van der Waals surface area contributed by atoms with Crippen LogP contribution in [0, 0.1) is 0 Å². The topological polar surface area (TPSA) is 59.0 Å². The fourth-order valence-corrected chi connectivity index (χ4v) is 5.58. The first kappa shape index (κ1) is 16.7. The van der Waals surface area contributed by atoms with E-state index in [4.69, 9.17) is 4.84 Å². The van der Waals surface area contributed by atoms with E-state index in [1.165, 1.54) is 37.8 Å². The van der Waals surface area contributed by atoms with Gasteiger partial charge in [0, 0.05) is 45.2 Å². The van der Waals surface area contributed by atoms with Gasteiger partial charge in [-0.3, -0.25) is 9.05 Å². The van der Waals surface area contributed by atoms with Gasteiger partial charge in [-0.05, 0) is 22.9 Å². The van der Waals surface area contributed by atoms with Crippen LogP contribution in [0.15, 0.2) is 40.4 Å². The molecule has 0 bridgehead atoms. The third-order valence-corrected chi connectivity index (χ3v) is 7.38. The number of carbonyl (C=O) groups is 1. The quantitative estimate of drug-likeness (QED) is 0.355. The molecule has 0 spiro atoms. The van der Waals surface area contributed by atoms with Crippen LogP contribution in [0.3, 0.4) is 0 Å². The molecule has 9 heteroatoms. The molecule has 5 nitrogen and oxygen atoms in total. The lowest BCUT2D eigenvalue weighted by Crippen LogP contribution is -2.22. The van der Waals surface area contributed by atoms with Crippen molar-refractivity contribution < 1.29 is 13.8 Å². The molecule has 0 N–H and O–H groups in total. The minimum atomic E-state index is -0.890. The monoisotopic (exact) mass is 362 g/mol. The summed E-state index contributed by atoms with van der Waals surface area (Å²) < 4.78 is 12.7. The van der Waals surface area contributed by atoms with E-state index in [2.05, 4.69) is 5.16 Å². The molecule has 0 saturated carbocycles. The average Bonchev–Trinajstić information content (AvgIpc) is 2.51. The smallest absolute Gasteiger partial charge is 0.296 e. The van der Waals surface area contributed by atoms with Gasteiger partial charge in [0.1, 0.15) is 5.04 Å². The third kappa shape index (κ3) is 5.93. The fourth-order valence-electron chi connectivity index (χ4n) is 1.31. The zero-order chi connectivity index (χ0) is 15.1. The molecule has 1 fully saturated rings. The second-order valence-corrected chi connectivity index (χ2v) is 8.97. The molecule has 1 aliphatic rings. The number of rotatable bonds is 4. The standard InChI is InChI=1S/C12H14N2O3S4/c1-14(20-19-10-5-3-2-4-6-10)12(15)17-13-11-9-21(16)8-7-18-11/h2-6H,7-9H2,1H3. The molecule has 2 rings (SSSR count). The first-order chi connectivity index (χ1) is 10.1. The van der Waals surface area contributed by atoms with Crippen LogP contribution in [0.1, 0.15) is 0 Å². The lowest BCUT2D eigenvalue weighted by Gasteiger charge is -2.14. The van der Waals surface area contributed by atoms with Gasteiger partial charge < -0.3 is 0 Å². The normalized spacial score (nSPS) is 20.2. The lowest BCUT2D eigenvalue weighted by atomic mass is 10.4. The zero-order valence-corrected chi connectivity index (χ0v) is 14.5. The summed E-state index contributed by atoms with van der Waals surface area (Å²) >= 11 is 1.48. The highest BCUT2D eigenvalue weighted by atomic mass is 33.1. The van der Waals surface area contributed by atoms with E-state index in [0.717, 1.165) is 10.6 Å². The SMILES string of the molecule is CN(SSc1ccccc1)C(=O)ON=C1CS(=O)CCS1. The van der Waals surface area contributed by atoms with E-state index in [1.54, 1.807) is 7.05 Å². The number of amides is 1. The van der Waals surface area contributed by atoms with Gasteiger partial charge in [-0.2, -0.15) is 0 Å². The molecule has 0 aliphatic carbocycles. The molecular formula is C12H14N2O3S4. The summed E-state index contributed by atoms with van der Waals surface area (Å²) in [6.07, 6.45) is -0.548. The molecule has 1 aromatic rings. The van der Waals surface area contributed by atoms with Crippen LogP contribution >= 0.6 is 33.5 Å². The number of hydrogen-bond donors (Lipinski definition) is 0. The van der Waals surface area contributed by atoms with Crippen LogP contribution in [-0.2, 0) is 15.6 Å². The summed E-state index contributed by atoms with van der Waals surface area (Å²) in [4.78, 5) is 17.7. The largest absolute Gasteiger partial charge is 0.446 e. The molecule has 1 unspecified atom stereocenters. The predicted molar refractivity (Wildman–Crippen MR) is 91.9 cm³/mol. The minimum Gasteiger partial charge on any atom is -0.296 e. The van der Waals surface area contributed by atoms with Crippen molar-refractivity contribution in [2.75, 3.05) is 24.3 Å². The second-order valence-electron chi connectivity index (χ2n) is 3.95. The summed E-state index contributed by atoms with van der Waals surface area (Å²) in [6, 6.07) is 9.74. The molecule has 0 radical (unpaired) electrons. The van der Waals surface area contributed by atoms with Crippen LogP contribution in [0.25, 0.3) is 0 Å². The van der Waals surface area contributed by atoms with Crippen LogP contribution in [-0.4, -0.2) is 44.0 Å². The molecule has 1 saturated heterocycles. The third-order valence-electron chi connectivity index (χ3n) is 2.34. The molecule has 1 atom stereocenters. The van der Waals surface area contributed by atoms with Gasteiger partial charge in [-0.25, -0.2) is 9.10 Å². The summed E-state index contributed by atoms with van der Waals surface area (Å²) in [5, 5.41) is 4.40. The van der Waals surface area contributed by atoms with E-state index in [0.29, 0.717) is 16.5 Å². The highest BCUT2D eigenvalue weighted by Crippen LogP contribution is 2.32. The van der Waals surface area contributed by atoms with Crippen molar-refractivity contribution >= 4 is 55.5 Å². The van der Waals surface area contributed by atoms with Gasteiger partial charge in [0.15, 0.2) is 0 Å². The predicted octanol–water partition coefficient (Wildman–Crippen LogP) is 3.22. The van der Waals surface area contributed by atoms with E-state index in [1.807, 2.05) is 30.3 Å². The Morgan fingerprint density at radius 3 is 2.90 bits per heavy atom. The van der Waals surface area contributed by atoms with Crippen molar-refractivity contribution in [2.45, 2.75) is 4.90 Å². The van der Waals surface area contributed by atoms with Gasteiger partial charge in [-0.1, -0.05) is 23.4 Å². The summed E-state index contributed by atoms with van der Waals surface area (Å²) in [6.45, 7) is 0. The van der Waals surface area contributed by atoms with Crippen LogP contribution in [0.4, 0.5) is 4.79 Å². The van der Waals surface area contributed by atoms with Gasteiger partial charge in [-0.15, -0.1) is 11.8 Å². The fraction of sp³-hybridized carbons (Fsp3) is 0.333. The number of benzene rings is 1. The Labute approximate surface area is 138 Å². The maximum Gasteiger partial charge on any atom is 0.446 e. The number of oxime groups is 1. The van der Waals surface area contributed by atoms with E-state index < -0.39 is 16.9 Å². The molecule has 1 aromatic carbocycles. The highest BCUT2D eigenvalue weighted by molar-refractivity contribution is 8.75. The maximum atomic E-state index is 11.8. The van der Waals surface area contributed by atoms with E-state index >= 15 is 0 Å². The molecule has 114 valence electrons. The summed E-state index contributed by atoms with van der Waals surface area (Å²) in [7, 11) is 3.45. The molecule has 0 aromatic heterocycles. The Morgan fingerprint density at radius 1 is 1.43 bits per heavy atom. The average molecular weight is 363 g/mol. The van der Waals surface area contributed by atoms with Gasteiger partial charge in [0.2, 0.25) is 0 Å². The van der Waals surface area contributed by atoms with Crippen molar-refractivity contribution in [3.8, 4) is 0 Å². The molecule has 21 heavy (non-hydrogen) atoms. The zero-order valence-electron chi connectivity index (χ0n) is 11.3. The summed E-state index contributed by atoms with van der Waals surface area (Å²) in [5.41, 5.74) is 0. The Hall–Kier alpha value is -0.640. The van der Waals surface area contributed by atoms with Gasteiger partial charge in [0.05, 0.1) is 5.75 Å². The second kappa shape index (κ2) is 8.72. The molecule has 1 aliphatic heterocycles. The molecule has 1 heterocycles. The van der Waals surface area contributed by atoms with Crippen LogP contribution in [0.2, 0.25) is 0 Å². The highest BCUT2D eigenvalue weighted by Gasteiger charge is 2.17. The van der Waals surface area contributed by atoms with Crippen molar-refractivity contribution in [1.29, 1.82) is 0 Å². The number of hydrogen-bond acceptors (Lipinski definition) is 7. The molecule has 1 amide bonds. The Balaban J connectivity index is 1.77. The van der Waals surface area contributed by atoms with Crippen LogP contribution in [0.5, 0.6) is 0 Å². The Kier molecular flexibility index (Phi) is 6.94. The summed E-state index contributed by atoms with van der Waals surface area (Å²) in [5.74, 6) is 1.78. The first-order valence-corrected chi connectivity index (χ1v) is 10.6. The lowest BCUT2D eigenvalue weighted by molar-refractivity contribution is 0.137. The van der Waals surface area contributed by atoms with Crippen molar-refractivity contribution in [3.05, 3.63) is 30.3 Å². The molecular weight excluding hydrogens is 348 g/mol. The van der Waals surface area contributed by atoms with Crippen molar-refractivity contribution in [2.24, 2.45) is 5.16 Å². The van der Waals surface area contributed by atoms with E-state index in [-0.39, 0.29) is 0 Å². The minimum absolute atomic E-state index is 0.369. The van der Waals surface area contributed by atoms with Crippen molar-refractivity contribution in [3.63, 3.8) is 0 Å². The Morgan fingerprint density at radius 2 is 2.19 bits per heavy atom. The first-order valence-electron chi connectivity index (χ1n) is 6.04. The Bertz CT molecular complexity index is 539. The number of carbonyl (C=O) groups excluding carboxylic acids is 1. The maximum absolute atomic E-state index is 11.8.